The number of nitrogens with two attached hydrogens (primary N) is 1. The number of carbonyl (C=O) groups is 2. The molecule has 3 N–H and O–H groups in total. The van der Waals surface area contributed by atoms with Gasteiger partial charge in [0.05, 0.1) is 0 Å². The van der Waals surface area contributed by atoms with Gasteiger partial charge in [0.1, 0.15) is 5.92 Å². The molecule has 1 fully saturated rings. The molecule has 0 heterocycles. The number of hydrogen-bond donors (Lipinski definition) is 2. The van der Waals surface area contributed by atoms with Gasteiger partial charge in [-0.1, -0.05) is 6.42 Å². The van der Waals surface area contributed by atoms with E-state index in [9.17, 15) is 9.59 Å². The maximum atomic E-state index is 11.2. The van der Waals surface area contributed by atoms with E-state index in [1.54, 1.807) is 0 Å². The lowest BCUT2D eigenvalue weighted by Gasteiger charge is -2.30. The van der Waals surface area contributed by atoms with E-state index in [0.717, 1.165) is 19.3 Å². The zero-order chi connectivity index (χ0) is 9.14. The fourth-order valence-electron chi connectivity index (χ4n) is 1.50. The van der Waals surface area contributed by atoms with Crippen molar-refractivity contribution >= 4 is 11.8 Å². The third kappa shape index (κ3) is 1.57. The van der Waals surface area contributed by atoms with Crippen molar-refractivity contribution in [1.82, 2.24) is 5.32 Å². The Kier molecular flexibility index (Phi) is 2.68. The molecule has 12 heavy (non-hydrogen) atoms. The summed E-state index contributed by atoms with van der Waals surface area (Å²) in [6.07, 6.45) is 2.99. The maximum absolute atomic E-state index is 11.2. The van der Waals surface area contributed by atoms with Crippen molar-refractivity contribution in [1.29, 1.82) is 0 Å². The molecule has 0 radical (unpaired) electrons. The summed E-state index contributed by atoms with van der Waals surface area (Å²) in [5, 5.41) is 2.46. The first-order valence-corrected chi connectivity index (χ1v) is 4.17. The van der Waals surface area contributed by atoms with E-state index >= 15 is 0 Å². The van der Waals surface area contributed by atoms with Crippen LogP contribution in [0.25, 0.3) is 0 Å². The van der Waals surface area contributed by atoms with Crippen LogP contribution in [0.15, 0.2) is 0 Å². The molecule has 0 aromatic rings. The van der Waals surface area contributed by atoms with Gasteiger partial charge in [0.2, 0.25) is 11.8 Å². The Labute approximate surface area is 71.5 Å². The molecule has 2 amide bonds. The molecule has 68 valence electrons. The van der Waals surface area contributed by atoms with Crippen LogP contribution in [0.4, 0.5) is 0 Å². The molecule has 1 aliphatic rings. The zero-order valence-corrected chi connectivity index (χ0v) is 7.17. The van der Waals surface area contributed by atoms with Crippen LogP contribution in [0.3, 0.4) is 0 Å². The lowest BCUT2D eigenvalue weighted by molar-refractivity contribution is -0.136. The number of hydrogen-bond acceptors (Lipinski definition) is 2. The molecule has 0 aromatic heterocycles. The summed E-state index contributed by atoms with van der Waals surface area (Å²) in [5.41, 5.74) is 5.12. The van der Waals surface area contributed by atoms with E-state index in [2.05, 4.69) is 5.32 Å². The second-order valence-electron chi connectivity index (χ2n) is 3.19. The van der Waals surface area contributed by atoms with Crippen LogP contribution in [-0.4, -0.2) is 18.9 Å². The molecule has 0 aliphatic heterocycles. The number of amides is 2. The highest BCUT2D eigenvalue weighted by Gasteiger charge is 2.35. The van der Waals surface area contributed by atoms with E-state index in [1.165, 1.54) is 7.05 Å². The Morgan fingerprint density at radius 2 is 2.08 bits per heavy atom. The van der Waals surface area contributed by atoms with Crippen molar-refractivity contribution in [3.63, 3.8) is 0 Å². The number of nitrogens with one attached hydrogen (secondary N) is 1. The second kappa shape index (κ2) is 3.56. The summed E-state index contributed by atoms with van der Waals surface area (Å²) in [7, 11) is 1.52. The normalized spacial score (nSPS) is 19.4. The Hall–Kier alpha value is -1.06. The quantitative estimate of drug-likeness (QED) is 0.567. The lowest BCUT2D eigenvalue weighted by Crippen LogP contribution is -2.43. The van der Waals surface area contributed by atoms with Gasteiger partial charge in [-0.2, -0.15) is 0 Å². The number of primary amides is 1. The van der Waals surface area contributed by atoms with Crippen LogP contribution in [0.1, 0.15) is 19.3 Å². The van der Waals surface area contributed by atoms with Crippen LogP contribution in [0.5, 0.6) is 0 Å². The van der Waals surface area contributed by atoms with Crippen molar-refractivity contribution in [2.45, 2.75) is 19.3 Å². The molecule has 0 aromatic carbocycles. The summed E-state index contributed by atoms with van der Waals surface area (Å²) >= 11 is 0. The van der Waals surface area contributed by atoms with E-state index in [1.807, 2.05) is 0 Å². The molecule has 4 heteroatoms. The minimum Gasteiger partial charge on any atom is -0.369 e. The molecular formula is C8H14N2O2. The summed E-state index contributed by atoms with van der Waals surface area (Å²) in [6.45, 7) is 0. The van der Waals surface area contributed by atoms with Crippen LogP contribution in [-0.2, 0) is 9.59 Å². The summed E-state index contributed by atoms with van der Waals surface area (Å²) < 4.78 is 0. The molecule has 1 unspecified atom stereocenters. The summed E-state index contributed by atoms with van der Waals surface area (Å²) in [6, 6.07) is 0. The molecule has 1 atom stereocenters. The third-order valence-electron chi connectivity index (χ3n) is 2.46. The highest BCUT2D eigenvalue weighted by molar-refractivity contribution is 5.99. The SMILES string of the molecule is CNC(=O)C(C(N)=O)C1CCC1. The van der Waals surface area contributed by atoms with Gasteiger partial charge in [0.25, 0.3) is 0 Å². The second-order valence-corrected chi connectivity index (χ2v) is 3.19. The predicted octanol–water partition coefficient (Wildman–Crippen LogP) is -0.366. The highest BCUT2D eigenvalue weighted by Crippen LogP contribution is 2.33. The summed E-state index contributed by atoms with van der Waals surface area (Å²) in [4.78, 5) is 22.1. The highest BCUT2D eigenvalue weighted by atomic mass is 16.2. The van der Waals surface area contributed by atoms with Gasteiger partial charge in [0.15, 0.2) is 0 Å². The predicted molar refractivity (Wildman–Crippen MR) is 44.1 cm³/mol. The maximum Gasteiger partial charge on any atom is 0.232 e. The molecule has 0 bridgehead atoms. The minimum atomic E-state index is -0.608. The molecular weight excluding hydrogens is 156 g/mol. The van der Waals surface area contributed by atoms with Crippen molar-refractivity contribution < 1.29 is 9.59 Å². The monoisotopic (exact) mass is 170 g/mol. The van der Waals surface area contributed by atoms with Crippen LogP contribution >= 0.6 is 0 Å². The van der Waals surface area contributed by atoms with Gasteiger partial charge in [-0.25, -0.2) is 0 Å². The van der Waals surface area contributed by atoms with Crippen molar-refractivity contribution in [2.75, 3.05) is 7.05 Å². The van der Waals surface area contributed by atoms with E-state index in [0.29, 0.717) is 0 Å². The fourth-order valence-corrected chi connectivity index (χ4v) is 1.50. The van der Waals surface area contributed by atoms with Gasteiger partial charge >= 0.3 is 0 Å². The van der Waals surface area contributed by atoms with Gasteiger partial charge in [0, 0.05) is 7.05 Å². The van der Waals surface area contributed by atoms with Crippen LogP contribution in [0.2, 0.25) is 0 Å². The number of rotatable bonds is 3. The topological polar surface area (TPSA) is 72.2 Å². The lowest BCUT2D eigenvalue weighted by atomic mass is 9.75. The number of carbonyl (C=O) groups excluding carboxylic acids is 2. The molecule has 0 saturated heterocycles. The average molecular weight is 170 g/mol. The Morgan fingerprint density at radius 3 is 2.33 bits per heavy atom. The fraction of sp³-hybridized carbons (Fsp3) is 0.750. The Bertz CT molecular complexity index is 199. The standard InChI is InChI=1S/C8H14N2O2/c1-10-8(12)6(7(9)11)5-3-2-4-5/h5-6H,2-4H2,1H3,(H2,9,11)(H,10,12). The smallest absolute Gasteiger partial charge is 0.232 e. The minimum absolute atomic E-state index is 0.183. The van der Waals surface area contributed by atoms with Crippen LogP contribution in [0, 0.1) is 11.8 Å². The molecule has 1 aliphatic carbocycles. The first-order valence-electron chi connectivity index (χ1n) is 4.17. The van der Waals surface area contributed by atoms with Gasteiger partial charge in [-0.3, -0.25) is 9.59 Å². The zero-order valence-electron chi connectivity index (χ0n) is 7.17. The van der Waals surface area contributed by atoms with Gasteiger partial charge in [-0.15, -0.1) is 0 Å². The van der Waals surface area contributed by atoms with E-state index < -0.39 is 11.8 Å². The first-order chi connectivity index (χ1) is 5.66. The molecule has 4 nitrogen and oxygen atoms in total. The Morgan fingerprint density at radius 1 is 1.50 bits per heavy atom. The summed E-state index contributed by atoms with van der Waals surface area (Å²) in [5.74, 6) is -1.17. The molecule has 0 spiro atoms. The van der Waals surface area contributed by atoms with Gasteiger partial charge < -0.3 is 11.1 Å². The average Bonchev–Trinajstić information content (AvgIpc) is 1.94. The van der Waals surface area contributed by atoms with E-state index in [4.69, 9.17) is 5.73 Å². The van der Waals surface area contributed by atoms with Crippen molar-refractivity contribution in [2.24, 2.45) is 17.6 Å². The molecule has 1 rings (SSSR count). The van der Waals surface area contributed by atoms with Crippen LogP contribution < -0.4 is 11.1 Å². The van der Waals surface area contributed by atoms with Crippen molar-refractivity contribution in [3.05, 3.63) is 0 Å². The van der Waals surface area contributed by atoms with E-state index in [-0.39, 0.29) is 11.8 Å². The van der Waals surface area contributed by atoms with Crippen molar-refractivity contribution in [3.8, 4) is 0 Å². The first kappa shape index (κ1) is 9.03. The largest absolute Gasteiger partial charge is 0.369 e. The third-order valence-corrected chi connectivity index (χ3v) is 2.46. The van der Waals surface area contributed by atoms with Gasteiger partial charge in [-0.05, 0) is 18.8 Å². The Balaban J connectivity index is 2.59. The molecule has 1 saturated carbocycles.